The first-order valence-electron chi connectivity index (χ1n) is 10.3. The number of urea groups is 1. The van der Waals surface area contributed by atoms with Gasteiger partial charge in [0.2, 0.25) is 5.95 Å². The zero-order valence-corrected chi connectivity index (χ0v) is 18.6. The Morgan fingerprint density at radius 1 is 1.19 bits per heavy atom. The van der Waals surface area contributed by atoms with E-state index in [0.29, 0.717) is 12.5 Å². The Bertz CT molecular complexity index is 932. The quantitative estimate of drug-likeness (QED) is 0.553. The molecule has 11 heteroatoms. The lowest BCUT2D eigenvalue weighted by Gasteiger charge is -2.29. The molecule has 0 unspecified atom stereocenters. The molecular weight excluding hydrogens is 445 g/mol. The highest BCUT2D eigenvalue weighted by molar-refractivity contribution is 6.30. The van der Waals surface area contributed by atoms with E-state index in [2.05, 4.69) is 25.9 Å². The Labute approximate surface area is 189 Å². The SMILES string of the molecule is CN(C)c1ccnc(N[C@H]2CC[C@@H](CNC(=O)Nc3ccc(Cl)cc3C(F)(F)F)CC2)n1. The second kappa shape index (κ2) is 10.2. The van der Waals surface area contributed by atoms with E-state index in [1.807, 2.05) is 25.1 Å². The van der Waals surface area contributed by atoms with Crippen LogP contribution >= 0.6 is 11.6 Å². The Balaban J connectivity index is 1.45. The van der Waals surface area contributed by atoms with Crippen LogP contribution in [0, 0.1) is 5.92 Å². The number of carbonyl (C=O) groups is 1. The molecule has 0 saturated heterocycles. The first-order chi connectivity index (χ1) is 15.1. The van der Waals surface area contributed by atoms with Crippen LogP contribution in [0.4, 0.5) is 35.4 Å². The molecule has 2 amide bonds. The molecule has 1 saturated carbocycles. The van der Waals surface area contributed by atoms with Gasteiger partial charge in [-0.25, -0.2) is 9.78 Å². The van der Waals surface area contributed by atoms with Crippen molar-refractivity contribution in [2.75, 3.05) is 36.2 Å². The highest BCUT2D eigenvalue weighted by Gasteiger charge is 2.34. The van der Waals surface area contributed by atoms with Crippen LogP contribution in [-0.4, -0.2) is 42.7 Å². The second-order valence-corrected chi connectivity index (χ2v) is 8.45. The predicted molar refractivity (Wildman–Crippen MR) is 119 cm³/mol. The molecule has 7 nitrogen and oxygen atoms in total. The molecule has 1 heterocycles. The van der Waals surface area contributed by atoms with Crippen LogP contribution in [0.15, 0.2) is 30.5 Å². The Kier molecular flexibility index (Phi) is 7.65. The van der Waals surface area contributed by atoms with Crippen LogP contribution < -0.4 is 20.9 Å². The van der Waals surface area contributed by atoms with Gasteiger partial charge >= 0.3 is 12.2 Å². The lowest BCUT2D eigenvalue weighted by Crippen LogP contribution is -2.36. The maximum absolute atomic E-state index is 13.2. The normalized spacial score (nSPS) is 18.7. The molecule has 1 fully saturated rings. The second-order valence-electron chi connectivity index (χ2n) is 8.02. The zero-order valence-electron chi connectivity index (χ0n) is 17.8. The van der Waals surface area contributed by atoms with Gasteiger partial charge in [-0.1, -0.05) is 11.6 Å². The Hall–Kier alpha value is -2.75. The summed E-state index contributed by atoms with van der Waals surface area (Å²) in [4.78, 5) is 22.8. The molecule has 3 N–H and O–H groups in total. The average Bonchev–Trinajstić information content (AvgIpc) is 2.74. The van der Waals surface area contributed by atoms with Crippen molar-refractivity contribution in [1.29, 1.82) is 0 Å². The highest BCUT2D eigenvalue weighted by atomic mass is 35.5. The van der Waals surface area contributed by atoms with Gasteiger partial charge in [0.05, 0.1) is 11.3 Å². The fourth-order valence-corrected chi connectivity index (χ4v) is 3.80. The van der Waals surface area contributed by atoms with E-state index in [1.165, 1.54) is 6.07 Å². The molecule has 174 valence electrons. The van der Waals surface area contributed by atoms with E-state index in [4.69, 9.17) is 11.6 Å². The number of amides is 2. The predicted octanol–water partition coefficient (Wildman–Crippen LogP) is 5.01. The minimum Gasteiger partial charge on any atom is -0.363 e. The highest BCUT2D eigenvalue weighted by Crippen LogP contribution is 2.36. The van der Waals surface area contributed by atoms with Gasteiger partial charge in [-0.3, -0.25) is 0 Å². The molecule has 0 bridgehead atoms. The maximum atomic E-state index is 13.2. The Morgan fingerprint density at radius 3 is 2.56 bits per heavy atom. The molecule has 0 atom stereocenters. The van der Waals surface area contributed by atoms with Crippen molar-refractivity contribution in [3.63, 3.8) is 0 Å². The summed E-state index contributed by atoms with van der Waals surface area (Å²) >= 11 is 5.66. The molecule has 1 aliphatic carbocycles. The van der Waals surface area contributed by atoms with E-state index in [-0.39, 0.29) is 22.7 Å². The van der Waals surface area contributed by atoms with E-state index < -0.39 is 17.8 Å². The van der Waals surface area contributed by atoms with E-state index in [1.54, 1.807) is 6.20 Å². The summed E-state index contributed by atoms with van der Waals surface area (Å²) in [5.41, 5.74) is -1.31. The van der Waals surface area contributed by atoms with E-state index in [0.717, 1.165) is 43.6 Å². The smallest absolute Gasteiger partial charge is 0.363 e. The van der Waals surface area contributed by atoms with Crippen LogP contribution in [0.1, 0.15) is 31.2 Å². The fraction of sp³-hybridized carbons (Fsp3) is 0.476. The number of alkyl halides is 3. The fourth-order valence-electron chi connectivity index (χ4n) is 3.62. The summed E-state index contributed by atoms with van der Waals surface area (Å²) in [6.45, 7) is 0.389. The molecule has 0 radical (unpaired) electrons. The summed E-state index contributed by atoms with van der Waals surface area (Å²) in [7, 11) is 3.83. The topological polar surface area (TPSA) is 82.2 Å². The summed E-state index contributed by atoms with van der Waals surface area (Å²) in [6.07, 6.45) is 0.621. The minimum absolute atomic E-state index is 0.0486. The van der Waals surface area contributed by atoms with Gasteiger partial charge in [-0.2, -0.15) is 18.2 Å². The largest absolute Gasteiger partial charge is 0.418 e. The molecule has 3 rings (SSSR count). The van der Waals surface area contributed by atoms with Crippen molar-refractivity contribution >= 4 is 35.1 Å². The number of rotatable bonds is 6. The third-order valence-electron chi connectivity index (χ3n) is 5.37. The lowest BCUT2D eigenvalue weighted by atomic mass is 9.86. The first kappa shape index (κ1) is 23.9. The minimum atomic E-state index is -4.62. The van der Waals surface area contributed by atoms with Crippen molar-refractivity contribution < 1.29 is 18.0 Å². The number of hydrogen-bond acceptors (Lipinski definition) is 5. The molecule has 0 spiro atoms. The van der Waals surface area contributed by atoms with Gasteiger partial charge in [0.15, 0.2) is 0 Å². The number of benzene rings is 1. The Morgan fingerprint density at radius 2 is 1.91 bits per heavy atom. The third-order valence-corrected chi connectivity index (χ3v) is 5.60. The number of hydrogen-bond donors (Lipinski definition) is 3. The first-order valence-corrected chi connectivity index (χ1v) is 10.7. The van der Waals surface area contributed by atoms with Gasteiger partial charge in [-0.15, -0.1) is 0 Å². The van der Waals surface area contributed by atoms with Gasteiger partial charge in [0, 0.05) is 37.9 Å². The number of nitrogens with one attached hydrogen (secondary N) is 3. The maximum Gasteiger partial charge on any atom is 0.418 e. The van der Waals surface area contributed by atoms with Crippen molar-refractivity contribution in [1.82, 2.24) is 15.3 Å². The van der Waals surface area contributed by atoms with E-state index >= 15 is 0 Å². The average molecular weight is 471 g/mol. The van der Waals surface area contributed by atoms with Crippen molar-refractivity contribution in [2.45, 2.75) is 37.9 Å². The number of nitrogens with zero attached hydrogens (tertiary/aromatic N) is 3. The standard InChI is InChI=1S/C21H26ClF3N6O/c1-31(2)18-9-10-26-19(30-18)28-15-6-3-13(4-7-15)12-27-20(32)29-17-8-5-14(22)11-16(17)21(23,24)25/h5,8-11,13,15H,3-4,6-7,12H2,1-2H3,(H,26,28,30)(H2,27,29,32)/t13-,15+. The van der Waals surface area contributed by atoms with Crippen LogP contribution in [-0.2, 0) is 6.18 Å². The molecule has 1 aliphatic rings. The van der Waals surface area contributed by atoms with Crippen molar-refractivity contribution in [2.24, 2.45) is 5.92 Å². The third kappa shape index (κ3) is 6.62. The molecule has 32 heavy (non-hydrogen) atoms. The van der Waals surface area contributed by atoms with Crippen molar-refractivity contribution in [3.05, 3.63) is 41.0 Å². The molecule has 2 aromatic rings. The van der Waals surface area contributed by atoms with Gasteiger partial charge in [-0.05, 0) is 55.9 Å². The van der Waals surface area contributed by atoms with Gasteiger partial charge in [0.25, 0.3) is 0 Å². The van der Waals surface area contributed by atoms with Gasteiger partial charge in [0.1, 0.15) is 5.82 Å². The van der Waals surface area contributed by atoms with Crippen LogP contribution in [0.3, 0.4) is 0 Å². The number of halogens is 4. The molecule has 1 aromatic heterocycles. The summed E-state index contributed by atoms with van der Waals surface area (Å²) in [6, 6.07) is 4.64. The van der Waals surface area contributed by atoms with Crippen LogP contribution in [0.25, 0.3) is 0 Å². The summed E-state index contributed by atoms with van der Waals surface area (Å²) < 4.78 is 39.5. The monoisotopic (exact) mass is 470 g/mol. The molecule has 1 aromatic carbocycles. The van der Waals surface area contributed by atoms with Crippen LogP contribution in [0.5, 0.6) is 0 Å². The molecular formula is C21H26ClF3N6O. The lowest BCUT2D eigenvalue weighted by molar-refractivity contribution is -0.136. The number of carbonyl (C=O) groups excluding carboxylic acids is 1. The van der Waals surface area contributed by atoms with Crippen LogP contribution in [0.2, 0.25) is 5.02 Å². The summed E-state index contributed by atoms with van der Waals surface area (Å²) in [5, 5.41) is 8.26. The molecule has 0 aliphatic heterocycles. The number of aromatic nitrogens is 2. The number of anilines is 3. The van der Waals surface area contributed by atoms with Crippen molar-refractivity contribution in [3.8, 4) is 0 Å². The van der Waals surface area contributed by atoms with E-state index in [9.17, 15) is 18.0 Å². The van der Waals surface area contributed by atoms with Gasteiger partial charge < -0.3 is 20.9 Å². The zero-order chi connectivity index (χ0) is 23.3. The summed E-state index contributed by atoms with van der Waals surface area (Å²) in [5.74, 6) is 1.65.